The normalized spacial score (nSPS) is 27.0. The molecule has 1 fully saturated rings. The van der Waals surface area contributed by atoms with Crippen LogP contribution in [0.25, 0.3) is 0 Å². The maximum atomic E-state index is 5.74. The maximum Gasteiger partial charge on any atom is 0.154 e. The van der Waals surface area contributed by atoms with E-state index in [4.69, 9.17) is 5.73 Å². The van der Waals surface area contributed by atoms with Crippen molar-refractivity contribution in [3.8, 4) is 0 Å². The lowest BCUT2D eigenvalue weighted by molar-refractivity contribution is 0.478. The lowest BCUT2D eigenvalue weighted by Crippen LogP contribution is -2.18. The van der Waals surface area contributed by atoms with E-state index < -0.39 is 0 Å². The highest BCUT2D eigenvalue weighted by Crippen LogP contribution is 2.37. The van der Waals surface area contributed by atoms with Gasteiger partial charge in [-0.2, -0.15) is 5.10 Å². The molecular formula is C10H18N4. The molecule has 2 atom stereocenters. The largest absolute Gasteiger partial charge is 0.330 e. The van der Waals surface area contributed by atoms with Crippen molar-refractivity contribution in [3.63, 3.8) is 0 Å². The standard InChI is InChI=1S/C10H18N4/c1-2-9-12-10(14-13-9)8-5-3-4-7(8)6-11/h7-8H,2-6,11H2,1H3,(H,12,13,14). The molecule has 2 unspecified atom stereocenters. The summed E-state index contributed by atoms with van der Waals surface area (Å²) in [5.41, 5.74) is 5.74. The lowest BCUT2D eigenvalue weighted by Gasteiger charge is -2.13. The second-order valence-corrected chi connectivity index (χ2v) is 4.03. The van der Waals surface area contributed by atoms with E-state index >= 15 is 0 Å². The van der Waals surface area contributed by atoms with Crippen molar-refractivity contribution in [2.24, 2.45) is 11.7 Å². The first-order valence-corrected chi connectivity index (χ1v) is 5.46. The van der Waals surface area contributed by atoms with E-state index in [-0.39, 0.29) is 0 Å². The molecule has 0 saturated heterocycles. The van der Waals surface area contributed by atoms with Crippen LogP contribution in [0.1, 0.15) is 43.8 Å². The van der Waals surface area contributed by atoms with E-state index in [0.29, 0.717) is 11.8 Å². The molecule has 1 aromatic heterocycles. The Morgan fingerprint density at radius 2 is 2.36 bits per heavy atom. The van der Waals surface area contributed by atoms with Gasteiger partial charge in [0.05, 0.1) is 0 Å². The van der Waals surface area contributed by atoms with Crippen molar-refractivity contribution < 1.29 is 0 Å². The summed E-state index contributed by atoms with van der Waals surface area (Å²) in [6.45, 7) is 2.85. The van der Waals surface area contributed by atoms with Crippen LogP contribution in [-0.4, -0.2) is 21.7 Å². The van der Waals surface area contributed by atoms with Gasteiger partial charge in [0.25, 0.3) is 0 Å². The molecule has 1 aliphatic carbocycles. The highest BCUT2D eigenvalue weighted by Gasteiger charge is 2.30. The number of hydrogen-bond acceptors (Lipinski definition) is 3. The number of aromatic nitrogens is 3. The van der Waals surface area contributed by atoms with Crippen LogP contribution < -0.4 is 5.73 Å². The molecule has 0 aliphatic heterocycles. The van der Waals surface area contributed by atoms with E-state index in [1.165, 1.54) is 19.3 Å². The molecule has 78 valence electrons. The fraction of sp³-hybridized carbons (Fsp3) is 0.800. The SMILES string of the molecule is CCc1nc(C2CCCC2CN)n[nH]1. The van der Waals surface area contributed by atoms with Crippen molar-refractivity contribution in [3.05, 3.63) is 11.6 Å². The molecule has 1 aromatic rings. The molecule has 0 spiro atoms. The molecule has 1 heterocycles. The summed E-state index contributed by atoms with van der Waals surface area (Å²) >= 11 is 0. The number of rotatable bonds is 3. The van der Waals surface area contributed by atoms with Gasteiger partial charge < -0.3 is 5.73 Å². The van der Waals surface area contributed by atoms with Crippen LogP contribution in [0.5, 0.6) is 0 Å². The van der Waals surface area contributed by atoms with Gasteiger partial charge in [0, 0.05) is 12.3 Å². The van der Waals surface area contributed by atoms with Gasteiger partial charge in [-0.1, -0.05) is 13.3 Å². The quantitative estimate of drug-likeness (QED) is 0.760. The van der Waals surface area contributed by atoms with Gasteiger partial charge in [-0.05, 0) is 25.3 Å². The number of nitrogens with zero attached hydrogens (tertiary/aromatic N) is 2. The Morgan fingerprint density at radius 3 is 3.00 bits per heavy atom. The lowest BCUT2D eigenvalue weighted by atomic mass is 9.96. The second kappa shape index (κ2) is 4.09. The summed E-state index contributed by atoms with van der Waals surface area (Å²) in [5.74, 6) is 3.06. The fourth-order valence-corrected chi connectivity index (χ4v) is 2.29. The van der Waals surface area contributed by atoms with E-state index in [9.17, 15) is 0 Å². The third kappa shape index (κ3) is 1.66. The molecule has 0 aromatic carbocycles. The zero-order chi connectivity index (χ0) is 9.97. The van der Waals surface area contributed by atoms with Crippen LogP contribution in [0, 0.1) is 5.92 Å². The first-order chi connectivity index (χ1) is 6.85. The van der Waals surface area contributed by atoms with E-state index in [0.717, 1.165) is 24.6 Å². The predicted octanol–water partition coefficient (Wildman–Crippen LogP) is 1.21. The molecule has 0 amide bonds. The van der Waals surface area contributed by atoms with Crippen LogP contribution in [0.15, 0.2) is 0 Å². The molecule has 1 saturated carbocycles. The average Bonchev–Trinajstić information content (AvgIpc) is 2.85. The Hall–Kier alpha value is -0.900. The first kappa shape index (κ1) is 9.65. The monoisotopic (exact) mass is 194 g/mol. The summed E-state index contributed by atoms with van der Waals surface area (Å²) in [5, 5.41) is 7.25. The maximum absolute atomic E-state index is 5.74. The molecule has 0 bridgehead atoms. The molecule has 4 heteroatoms. The van der Waals surface area contributed by atoms with Gasteiger partial charge in [-0.25, -0.2) is 4.98 Å². The van der Waals surface area contributed by atoms with Crippen LogP contribution in [0.2, 0.25) is 0 Å². The van der Waals surface area contributed by atoms with Crippen LogP contribution in [-0.2, 0) is 6.42 Å². The third-order valence-electron chi connectivity index (χ3n) is 3.18. The molecular weight excluding hydrogens is 176 g/mol. The average molecular weight is 194 g/mol. The van der Waals surface area contributed by atoms with Crippen LogP contribution >= 0.6 is 0 Å². The van der Waals surface area contributed by atoms with Gasteiger partial charge in [-0.15, -0.1) is 0 Å². The van der Waals surface area contributed by atoms with Crippen molar-refractivity contribution in [1.82, 2.24) is 15.2 Å². The molecule has 4 nitrogen and oxygen atoms in total. The fourth-order valence-electron chi connectivity index (χ4n) is 2.29. The van der Waals surface area contributed by atoms with Gasteiger partial charge >= 0.3 is 0 Å². The zero-order valence-electron chi connectivity index (χ0n) is 8.66. The summed E-state index contributed by atoms with van der Waals surface area (Å²) in [7, 11) is 0. The Bertz CT molecular complexity index is 294. The van der Waals surface area contributed by atoms with Gasteiger partial charge in [0.1, 0.15) is 5.82 Å². The molecule has 14 heavy (non-hydrogen) atoms. The third-order valence-corrected chi connectivity index (χ3v) is 3.18. The van der Waals surface area contributed by atoms with Gasteiger partial charge in [0.2, 0.25) is 0 Å². The van der Waals surface area contributed by atoms with Crippen molar-refractivity contribution in [1.29, 1.82) is 0 Å². The van der Waals surface area contributed by atoms with Crippen molar-refractivity contribution in [2.75, 3.05) is 6.54 Å². The van der Waals surface area contributed by atoms with E-state index in [1.54, 1.807) is 0 Å². The van der Waals surface area contributed by atoms with Crippen molar-refractivity contribution in [2.45, 2.75) is 38.5 Å². The Labute approximate surface area is 84.3 Å². The number of hydrogen-bond donors (Lipinski definition) is 2. The minimum atomic E-state index is 0.497. The number of H-pyrrole nitrogens is 1. The van der Waals surface area contributed by atoms with E-state index in [1.807, 2.05) is 0 Å². The van der Waals surface area contributed by atoms with Crippen LogP contribution in [0.3, 0.4) is 0 Å². The summed E-state index contributed by atoms with van der Waals surface area (Å²) in [4.78, 5) is 4.49. The minimum Gasteiger partial charge on any atom is -0.330 e. The predicted molar refractivity (Wildman–Crippen MR) is 54.9 cm³/mol. The van der Waals surface area contributed by atoms with Crippen LogP contribution in [0.4, 0.5) is 0 Å². The number of aromatic amines is 1. The number of nitrogens with one attached hydrogen (secondary N) is 1. The summed E-state index contributed by atoms with van der Waals surface area (Å²) in [6, 6.07) is 0. The molecule has 1 aliphatic rings. The minimum absolute atomic E-state index is 0.497. The van der Waals surface area contributed by atoms with Gasteiger partial charge in [0.15, 0.2) is 5.82 Å². The topological polar surface area (TPSA) is 67.6 Å². The van der Waals surface area contributed by atoms with Crippen molar-refractivity contribution >= 4 is 0 Å². The Balaban J connectivity index is 2.13. The Morgan fingerprint density at radius 1 is 1.50 bits per heavy atom. The smallest absolute Gasteiger partial charge is 0.154 e. The molecule has 2 rings (SSSR count). The number of aryl methyl sites for hydroxylation is 1. The molecule has 0 radical (unpaired) electrons. The Kier molecular flexibility index (Phi) is 2.82. The first-order valence-electron chi connectivity index (χ1n) is 5.46. The van der Waals surface area contributed by atoms with Gasteiger partial charge in [-0.3, -0.25) is 5.10 Å². The van der Waals surface area contributed by atoms with E-state index in [2.05, 4.69) is 22.1 Å². The summed E-state index contributed by atoms with van der Waals surface area (Å²) < 4.78 is 0. The number of nitrogens with two attached hydrogens (primary N) is 1. The zero-order valence-corrected chi connectivity index (χ0v) is 8.66. The highest BCUT2D eigenvalue weighted by molar-refractivity contribution is 5.03. The highest BCUT2D eigenvalue weighted by atomic mass is 15.2. The molecule has 3 N–H and O–H groups in total. The second-order valence-electron chi connectivity index (χ2n) is 4.03. The summed E-state index contributed by atoms with van der Waals surface area (Å²) in [6.07, 6.45) is 4.62.